The van der Waals surface area contributed by atoms with Crippen molar-refractivity contribution in [3.63, 3.8) is 0 Å². The lowest BCUT2D eigenvalue weighted by atomic mass is 9.98. The summed E-state index contributed by atoms with van der Waals surface area (Å²) in [7, 11) is 1.65. The zero-order valence-corrected chi connectivity index (χ0v) is 23.5. The molecule has 0 radical (unpaired) electrons. The Morgan fingerprint density at radius 2 is 1.98 bits per heavy atom. The number of likely N-dealkylation sites (tertiary alicyclic amines) is 1. The van der Waals surface area contributed by atoms with E-state index in [1.165, 1.54) is 12.3 Å². The van der Waals surface area contributed by atoms with Gasteiger partial charge in [-0.25, -0.2) is 18.3 Å². The number of alkyl halides is 1. The van der Waals surface area contributed by atoms with Crippen molar-refractivity contribution in [3.8, 4) is 16.9 Å². The molecule has 220 valence electrons. The van der Waals surface area contributed by atoms with E-state index < -0.39 is 11.7 Å². The van der Waals surface area contributed by atoms with Gasteiger partial charge in [0.05, 0.1) is 49.0 Å². The van der Waals surface area contributed by atoms with E-state index >= 15 is 0 Å². The molecule has 0 spiro atoms. The molecule has 3 aromatic heterocycles. The molecule has 5 heterocycles. The fourth-order valence-corrected chi connectivity index (χ4v) is 5.52. The summed E-state index contributed by atoms with van der Waals surface area (Å²) in [5, 5.41) is 10.9. The molecule has 2 amide bonds. The smallest absolute Gasteiger partial charge is 0.320 e. The Hall–Kier alpha value is -4.13. The molecule has 2 unspecified atom stereocenters. The van der Waals surface area contributed by atoms with Gasteiger partial charge in [0.25, 0.3) is 0 Å². The highest BCUT2D eigenvalue weighted by molar-refractivity contribution is 5.91. The SMILES string of the molecule is COCCN1CC(NC(=O)Nc2c(C)c(-c3ccc(C4(F)COC4)nc3)nn2-c2ccccc2)C(n2ccc(F)c2)C1. The van der Waals surface area contributed by atoms with Crippen molar-refractivity contribution >= 4 is 11.8 Å². The summed E-state index contributed by atoms with van der Waals surface area (Å²) >= 11 is 0. The van der Waals surface area contributed by atoms with Crippen molar-refractivity contribution < 1.29 is 23.0 Å². The molecule has 0 aliphatic carbocycles. The first-order chi connectivity index (χ1) is 20.3. The maximum absolute atomic E-state index is 14.8. The van der Waals surface area contributed by atoms with Crippen molar-refractivity contribution in [2.24, 2.45) is 0 Å². The van der Waals surface area contributed by atoms with E-state index in [9.17, 15) is 13.6 Å². The van der Waals surface area contributed by atoms with Gasteiger partial charge < -0.3 is 19.4 Å². The standard InChI is InChI=1S/C30H33F2N7O3/c1-20-27(21-8-9-26(33-14-21)30(32)18-42-19-30)36-39(23-6-4-3-5-7-23)28(20)35-29(40)34-24-16-37(12-13-41-2)17-25(24)38-11-10-22(31)15-38/h3-11,14-15,24-25H,12-13,16-19H2,1-2H3,(H2,34,35,40). The second-order valence-corrected chi connectivity index (χ2v) is 10.8. The summed E-state index contributed by atoms with van der Waals surface area (Å²) < 4.78 is 42.4. The summed E-state index contributed by atoms with van der Waals surface area (Å²) in [6.07, 6.45) is 4.73. The molecule has 2 fully saturated rings. The van der Waals surface area contributed by atoms with Gasteiger partial charge in [0.15, 0.2) is 5.67 Å². The van der Waals surface area contributed by atoms with E-state index in [1.54, 1.807) is 40.9 Å². The number of nitrogens with zero attached hydrogens (tertiary/aromatic N) is 5. The number of hydrogen-bond acceptors (Lipinski definition) is 6. The number of carbonyl (C=O) groups excluding carboxylic acids is 1. The van der Waals surface area contributed by atoms with Crippen LogP contribution >= 0.6 is 0 Å². The van der Waals surface area contributed by atoms with Crippen molar-refractivity contribution in [2.75, 3.05) is 51.9 Å². The summed E-state index contributed by atoms with van der Waals surface area (Å²) in [5.74, 6) is 0.165. The first-order valence-corrected chi connectivity index (χ1v) is 13.8. The maximum atomic E-state index is 14.8. The number of para-hydroxylation sites is 1. The number of benzene rings is 1. The van der Waals surface area contributed by atoms with Crippen LogP contribution in [0.15, 0.2) is 67.1 Å². The number of carbonyl (C=O) groups is 1. The van der Waals surface area contributed by atoms with Gasteiger partial charge in [-0.15, -0.1) is 0 Å². The van der Waals surface area contributed by atoms with E-state index in [2.05, 4.69) is 20.5 Å². The average molecular weight is 578 g/mol. The van der Waals surface area contributed by atoms with Crippen LogP contribution in [0.3, 0.4) is 0 Å². The second kappa shape index (κ2) is 11.6. The second-order valence-electron chi connectivity index (χ2n) is 10.8. The summed E-state index contributed by atoms with van der Waals surface area (Å²) in [4.78, 5) is 20.0. The van der Waals surface area contributed by atoms with Gasteiger partial charge in [0.1, 0.15) is 11.6 Å². The van der Waals surface area contributed by atoms with Crippen molar-refractivity contribution in [3.05, 3.63) is 84.2 Å². The maximum Gasteiger partial charge on any atom is 0.320 e. The molecule has 2 N–H and O–H groups in total. The van der Waals surface area contributed by atoms with Gasteiger partial charge in [0, 0.05) is 56.5 Å². The van der Waals surface area contributed by atoms with Crippen LogP contribution in [-0.4, -0.2) is 82.9 Å². The number of amides is 2. The molecule has 10 nitrogen and oxygen atoms in total. The van der Waals surface area contributed by atoms with Gasteiger partial charge in [-0.2, -0.15) is 5.10 Å². The Balaban J connectivity index is 1.26. The van der Waals surface area contributed by atoms with E-state index in [0.29, 0.717) is 49.0 Å². The molecule has 2 aliphatic heterocycles. The van der Waals surface area contributed by atoms with Crippen LogP contribution in [0.4, 0.5) is 19.4 Å². The van der Waals surface area contributed by atoms with Crippen molar-refractivity contribution in [1.82, 2.24) is 29.5 Å². The largest absolute Gasteiger partial charge is 0.383 e. The number of methoxy groups -OCH3 is 1. The van der Waals surface area contributed by atoms with Crippen LogP contribution in [0.25, 0.3) is 16.9 Å². The summed E-state index contributed by atoms with van der Waals surface area (Å²) in [5.41, 5.74) is 1.54. The molecule has 0 bridgehead atoms. The minimum atomic E-state index is -1.56. The predicted molar refractivity (Wildman–Crippen MR) is 153 cm³/mol. The van der Waals surface area contributed by atoms with Crippen LogP contribution in [0, 0.1) is 12.7 Å². The lowest BCUT2D eigenvalue weighted by molar-refractivity contribution is -0.137. The molecule has 2 aliphatic rings. The molecule has 42 heavy (non-hydrogen) atoms. The van der Waals surface area contributed by atoms with Gasteiger partial charge in [-0.1, -0.05) is 18.2 Å². The lowest BCUT2D eigenvalue weighted by Gasteiger charge is -2.32. The lowest BCUT2D eigenvalue weighted by Crippen LogP contribution is -2.43. The number of hydrogen-bond donors (Lipinski definition) is 2. The topological polar surface area (TPSA) is 98.5 Å². The van der Waals surface area contributed by atoms with Crippen molar-refractivity contribution in [2.45, 2.75) is 24.7 Å². The average Bonchev–Trinajstić information content (AvgIpc) is 3.68. The van der Waals surface area contributed by atoms with Gasteiger partial charge in [-0.05, 0) is 37.3 Å². The van der Waals surface area contributed by atoms with E-state index in [0.717, 1.165) is 11.3 Å². The van der Waals surface area contributed by atoms with Crippen LogP contribution in [0.1, 0.15) is 17.3 Å². The van der Waals surface area contributed by atoms with Gasteiger partial charge in [-0.3, -0.25) is 15.2 Å². The number of pyridine rings is 1. The van der Waals surface area contributed by atoms with Crippen LogP contribution < -0.4 is 10.6 Å². The molecular weight excluding hydrogens is 544 g/mol. The zero-order valence-electron chi connectivity index (χ0n) is 23.5. The Morgan fingerprint density at radius 3 is 2.62 bits per heavy atom. The van der Waals surface area contributed by atoms with Gasteiger partial charge >= 0.3 is 6.03 Å². The molecule has 2 saturated heterocycles. The number of anilines is 1. The number of aromatic nitrogens is 4. The quantitative estimate of drug-likeness (QED) is 0.311. The molecule has 6 rings (SSSR count). The molecule has 12 heteroatoms. The predicted octanol–water partition coefficient (Wildman–Crippen LogP) is 4.07. The monoisotopic (exact) mass is 577 g/mol. The van der Waals surface area contributed by atoms with E-state index in [1.807, 2.05) is 37.3 Å². The Labute approximate surface area is 242 Å². The number of urea groups is 1. The highest BCUT2D eigenvalue weighted by Gasteiger charge is 2.42. The Bertz CT molecular complexity index is 1540. The molecule has 4 aromatic rings. The molecule has 1 aromatic carbocycles. The number of ether oxygens (including phenoxy) is 2. The molecule has 0 saturated carbocycles. The molecule has 2 atom stereocenters. The minimum Gasteiger partial charge on any atom is -0.383 e. The summed E-state index contributed by atoms with van der Waals surface area (Å²) in [6.45, 7) is 4.34. The number of rotatable bonds is 9. The third kappa shape index (κ3) is 5.52. The zero-order chi connectivity index (χ0) is 29.3. The van der Waals surface area contributed by atoms with E-state index in [-0.39, 0.29) is 31.1 Å². The third-order valence-corrected chi connectivity index (χ3v) is 7.87. The molecular formula is C30H33F2N7O3. The first-order valence-electron chi connectivity index (χ1n) is 13.8. The van der Waals surface area contributed by atoms with Crippen molar-refractivity contribution in [1.29, 1.82) is 0 Å². The Morgan fingerprint density at radius 1 is 1.17 bits per heavy atom. The van der Waals surface area contributed by atoms with Crippen LogP contribution in [0.5, 0.6) is 0 Å². The Kier molecular flexibility index (Phi) is 7.76. The number of nitrogens with one attached hydrogen (secondary N) is 2. The first kappa shape index (κ1) is 28.0. The van der Waals surface area contributed by atoms with E-state index in [4.69, 9.17) is 14.6 Å². The minimum absolute atomic E-state index is 0.00451. The fourth-order valence-electron chi connectivity index (χ4n) is 5.52. The fraction of sp³-hybridized carbons (Fsp3) is 0.367. The third-order valence-electron chi connectivity index (χ3n) is 7.87. The normalized spacial score (nSPS) is 19.9. The highest BCUT2D eigenvalue weighted by Crippen LogP contribution is 2.35. The van der Waals surface area contributed by atoms with Gasteiger partial charge in [0.2, 0.25) is 0 Å². The summed E-state index contributed by atoms with van der Waals surface area (Å²) in [6, 6.07) is 13.5. The highest BCUT2D eigenvalue weighted by atomic mass is 19.1. The van der Waals surface area contributed by atoms with Crippen LogP contribution in [0.2, 0.25) is 0 Å². The van der Waals surface area contributed by atoms with Crippen LogP contribution in [-0.2, 0) is 15.1 Å². The number of halogens is 2.